The molecule has 0 heterocycles. The van der Waals surface area contributed by atoms with Gasteiger partial charge in [0.1, 0.15) is 5.75 Å². The molecule has 0 spiro atoms. The van der Waals surface area contributed by atoms with Crippen LogP contribution in [0.2, 0.25) is 0 Å². The van der Waals surface area contributed by atoms with Crippen LogP contribution in [0, 0.1) is 0 Å². The number of ether oxygens (including phenoxy) is 1. The number of benzene rings is 1. The lowest BCUT2D eigenvalue weighted by Gasteiger charge is -2.12. The lowest BCUT2D eigenvalue weighted by molar-refractivity contribution is -0.274. The fourth-order valence-electron chi connectivity index (χ4n) is 1.06. The van der Waals surface area contributed by atoms with E-state index in [0.29, 0.717) is 6.29 Å². The van der Waals surface area contributed by atoms with E-state index >= 15 is 0 Å². The molecule has 82 valence electrons. The van der Waals surface area contributed by atoms with E-state index in [1.807, 2.05) is 0 Å². The average Bonchev–Trinajstić information content (AvgIpc) is 2.15. The Bertz CT molecular complexity index is 363. The highest BCUT2D eigenvalue weighted by Gasteiger charge is 2.32. The van der Waals surface area contributed by atoms with Crippen LogP contribution in [-0.4, -0.2) is 12.6 Å². The summed E-state index contributed by atoms with van der Waals surface area (Å²) in [5.41, 5.74) is 0.123. The molecule has 2 nitrogen and oxygen atoms in total. The molecular weight excluding hydrogens is 233 g/mol. The van der Waals surface area contributed by atoms with Crippen molar-refractivity contribution >= 4 is 17.9 Å². The van der Waals surface area contributed by atoms with Crippen molar-refractivity contribution in [1.82, 2.24) is 0 Å². The van der Waals surface area contributed by atoms with Crippen LogP contribution in [0.3, 0.4) is 0 Å². The summed E-state index contributed by atoms with van der Waals surface area (Å²) >= 11 is 5.44. The van der Waals surface area contributed by atoms with Crippen LogP contribution >= 0.6 is 11.6 Å². The third-order valence-corrected chi connectivity index (χ3v) is 1.92. The van der Waals surface area contributed by atoms with Crippen LogP contribution in [0.4, 0.5) is 13.2 Å². The van der Waals surface area contributed by atoms with Crippen LogP contribution in [0.5, 0.6) is 5.75 Å². The summed E-state index contributed by atoms with van der Waals surface area (Å²) in [5, 5.41) is 0. The first-order valence-corrected chi connectivity index (χ1v) is 4.40. The smallest absolute Gasteiger partial charge is 0.405 e. The zero-order valence-electron chi connectivity index (χ0n) is 7.34. The summed E-state index contributed by atoms with van der Waals surface area (Å²) in [6.45, 7) is 0. The van der Waals surface area contributed by atoms with Crippen LogP contribution in [0.25, 0.3) is 0 Å². The predicted octanol–water partition coefficient (Wildman–Crippen LogP) is 3.14. The van der Waals surface area contributed by atoms with Crippen molar-refractivity contribution in [1.29, 1.82) is 0 Å². The second kappa shape index (κ2) is 4.53. The fraction of sp³-hybridized carbons (Fsp3) is 0.222. The van der Waals surface area contributed by atoms with Gasteiger partial charge in [0.05, 0.1) is 5.88 Å². The Morgan fingerprint density at radius 2 is 2.07 bits per heavy atom. The van der Waals surface area contributed by atoms with Crippen molar-refractivity contribution in [2.24, 2.45) is 0 Å². The highest BCUT2D eigenvalue weighted by molar-refractivity contribution is 6.17. The number of aldehydes is 1. The molecule has 1 rings (SSSR count). The monoisotopic (exact) mass is 238 g/mol. The number of rotatable bonds is 3. The molecule has 0 saturated heterocycles. The van der Waals surface area contributed by atoms with E-state index in [4.69, 9.17) is 11.6 Å². The van der Waals surface area contributed by atoms with E-state index in [1.54, 1.807) is 0 Å². The second-order valence-electron chi connectivity index (χ2n) is 2.62. The van der Waals surface area contributed by atoms with Crippen molar-refractivity contribution in [3.05, 3.63) is 29.3 Å². The minimum atomic E-state index is -4.79. The molecule has 6 heteroatoms. The normalized spacial score (nSPS) is 11.2. The Kier molecular flexibility index (Phi) is 3.57. The Labute approximate surface area is 88.6 Å². The highest BCUT2D eigenvalue weighted by Crippen LogP contribution is 2.29. The summed E-state index contributed by atoms with van der Waals surface area (Å²) in [5.74, 6) is -0.664. The maximum Gasteiger partial charge on any atom is 0.573 e. The first-order chi connectivity index (χ1) is 6.98. The van der Waals surface area contributed by atoms with Crippen molar-refractivity contribution < 1.29 is 22.7 Å². The van der Waals surface area contributed by atoms with Crippen LogP contribution in [0.1, 0.15) is 15.9 Å². The first-order valence-electron chi connectivity index (χ1n) is 3.86. The van der Waals surface area contributed by atoms with Gasteiger partial charge in [-0.3, -0.25) is 4.79 Å². The van der Waals surface area contributed by atoms with E-state index < -0.39 is 12.1 Å². The molecule has 0 radical (unpaired) electrons. The van der Waals surface area contributed by atoms with Crippen molar-refractivity contribution in [3.8, 4) is 5.75 Å². The van der Waals surface area contributed by atoms with Crippen LogP contribution in [-0.2, 0) is 5.88 Å². The highest BCUT2D eigenvalue weighted by atomic mass is 35.5. The van der Waals surface area contributed by atoms with Gasteiger partial charge in [0.15, 0.2) is 6.29 Å². The molecule has 1 aromatic carbocycles. The topological polar surface area (TPSA) is 26.3 Å². The Balaban J connectivity index is 3.12. The molecular formula is C9H6ClF3O2. The molecule has 0 bridgehead atoms. The standard InChI is InChI=1S/C9H6ClF3O2/c10-4-7-6(5-14)2-1-3-8(7)15-9(11,12)13/h1-3,5H,4H2. The number of halogens is 4. The average molecular weight is 239 g/mol. The molecule has 0 atom stereocenters. The Morgan fingerprint density at radius 1 is 1.40 bits per heavy atom. The minimum absolute atomic E-state index is 0.0338. The van der Waals surface area contributed by atoms with Gasteiger partial charge in [-0.25, -0.2) is 0 Å². The first kappa shape index (κ1) is 11.8. The zero-order chi connectivity index (χ0) is 11.5. The number of hydrogen-bond donors (Lipinski definition) is 0. The van der Waals surface area contributed by atoms with E-state index in [2.05, 4.69) is 4.74 Å². The summed E-state index contributed by atoms with van der Waals surface area (Å²) < 4.78 is 39.5. The molecule has 0 aliphatic rings. The molecule has 0 aliphatic carbocycles. The quantitative estimate of drug-likeness (QED) is 0.597. The molecule has 0 amide bonds. The maximum atomic E-state index is 11.9. The van der Waals surface area contributed by atoms with Gasteiger partial charge in [0, 0.05) is 11.1 Å². The van der Waals surface area contributed by atoms with Crippen molar-refractivity contribution in [3.63, 3.8) is 0 Å². The summed E-state index contributed by atoms with van der Waals surface area (Å²) in [6, 6.07) is 3.77. The Hall–Kier alpha value is -1.23. The van der Waals surface area contributed by atoms with Crippen molar-refractivity contribution in [2.75, 3.05) is 0 Å². The Morgan fingerprint density at radius 3 is 2.53 bits per heavy atom. The minimum Gasteiger partial charge on any atom is -0.405 e. The molecule has 0 N–H and O–H groups in total. The van der Waals surface area contributed by atoms with E-state index in [-0.39, 0.29) is 17.0 Å². The lowest BCUT2D eigenvalue weighted by Crippen LogP contribution is -2.18. The maximum absolute atomic E-state index is 11.9. The van der Waals surface area contributed by atoms with Crippen LogP contribution in [0.15, 0.2) is 18.2 Å². The SMILES string of the molecule is O=Cc1cccc(OC(F)(F)F)c1CCl. The zero-order valence-corrected chi connectivity index (χ0v) is 8.10. The van der Waals surface area contributed by atoms with Gasteiger partial charge >= 0.3 is 6.36 Å². The summed E-state index contributed by atoms with van der Waals surface area (Å²) in [4.78, 5) is 10.5. The molecule has 0 unspecified atom stereocenters. The molecule has 0 fully saturated rings. The molecule has 15 heavy (non-hydrogen) atoms. The lowest BCUT2D eigenvalue weighted by atomic mass is 10.1. The number of carbonyl (C=O) groups excluding carboxylic acids is 1. The third-order valence-electron chi connectivity index (χ3n) is 1.66. The second-order valence-corrected chi connectivity index (χ2v) is 2.89. The third kappa shape index (κ3) is 3.13. The van der Waals surface area contributed by atoms with E-state index in [0.717, 1.165) is 6.07 Å². The van der Waals surface area contributed by atoms with E-state index in [1.165, 1.54) is 12.1 Å². The van der Waals surface area contributed by atoms with Gasteiger partial charge in [0.25, 0.3) is 0 Å². The van der Waals surface area contributed by atoms with Gasteiger partial charge in [0.2, 0.25) is 0 Å². The number of carbonyl (C=O) groups is 1. The largest absolute Gasteiger partial charge is 0.573 e. The van der Waals surface area contributed by atoms with Gasteiger partial charge in [-0.15, -0.1) is 24.8 Å². The van der Waals surface area contributed by atoms with Crippen molar-refractivity contribution in [2.45, 2.75) is 12.2 Å². The number of hydrogen-bond acceptors (Lipinski definition) is 2. The predicted molar refractivity (Wildman–Crippen MR) is 48.1 cm³/mol. The molecule has 0 aliphatic heterocycles. The van der Waals surface area contributed by atoms with Gasteiger partial charge < -0.3 is 4.74 Å². The van der Waals surface area contributed by atoms with Gasteiger partial charge in [-0.05, 0) is 6.07 Å². The number of alkyl halides is 4. The van der Waals surface area contributed by atoms with Gasteiger partial charge in [-0.1, -0.05) is 12.1 Å². The van der Waals surface area contributed by atoms with Gasteiger partial charge in [-0.2, -0.15) is 0 Å². The molecule has 0 aromatic heterocycles. The summed E-state index contributed by atoms with van der Waals surface area (Å²) in [7, 11) is 0. The molecule has 1 aromatic rings. The fourth-order valence-corrected chi connectivity index (χ4v) is 1.34. The molecule has 0 saturated carbocycles. The summed E-state index contributed by atoms with van der Waals surface area (Å²) in [6.07, 6.45) is -4.36. The van der Waals surface area contributed by atoms with E-state index in [9.17, 15) is 18.0 Å². The van der Waals surface area contributed by atoms with Crippen LogP contribution < -0.4 is 4.74 Å².